The largest absolute Gasteiger partial charge is 0.481 e. The predicted octanol–water partition coefficient (Wildman–Crippen LogP) is 1.27. The Morgan fingerprint density at radius 3 is 2.00 bits per heavy atom. The maximum Gasteiger partial charge on any atom is 0.314 e. The summed E-state index contributed by atoms with van der Waals surface area (Å²) in [7, 11) is 0. The molecule has 0 bridgehead atoms. The Bertz CT molecular complexity index is 198. The van der Waals surface area contributed by atoms with E-state index in [1.165, 1.54) is 0 Å². The fourth-order valence-corrected chi connectivity index (χ4v) is 1.55. The third-order valence-corrected chi connectivity index (χ3v) is 2.98. The van der Waals surface area contributed by atoms with Crippen LogP contribution in [0, 0.1) is 5.41 Å². The van der Waals surface area contributed by atoms with Gasteiger partial charge in [-0.25, -0.2) is 0 Å². The second kappa shape index (κ2) is 1.97. The molecule has 64 valence electrons. The lowest BCUT2D eigenvalue weighted by Crippen LogP contribution is -2.67. The van der Waals surface area contributed by atoms with Gasteiger partial charge in [-0.1, -0.05) is 0 Å². The van der Waals surface area contributed by atoms with Crippen molar-refractivity contribution in [2.45, 2.75) is 39.4 Å². The van der Waals surface area contributed by atoms with Crippen molar-refractivity contribution < 1.29 is 14.6 Å². The van der Waals surface area contributed by atoms with E-state index in [4.69, 9.17) is 9.84 Å². The molecule has 1 aliphatic rings. The average Bonchev–Trinajstić information content (AvgIpc) is 1.85. The number of carbonyl (C=O) groups is 1. The van der Waals surface area contributed by atoms with Gasteiger partial charge in [0.25, 0.3) is 0 Å². The molecule has 0 aromatic rings. The van der Waals surface area contributed by atoms with E-state index in [1.807, 2.05) is 0 Å². The molecule has 0 spiro atoms. The van der Waals surface area contributed by atoms with Crippen LogP contribution < -0.4 is 0 Å². The van der Waals surface area contributed by atoms with Crippen molar-refractivity contribution in [2.24, 2.45) is 5.41 Å². The van der Waals surface area contributed by atoms with Gasteiger partial charge in [0.1, 0.15) is 5.41 Å². The Hall–Kier alpha value is -0.570. The van der Waals surface area contributed by atoms with Crippen LogP contribution in [0.3, 0.4) is 0 Å². The number of rotatable bonds is 1. The van der Waals surface area contributed by atoms with E-state index in [-0.39, 0.29) is 6.10 Å². The lowest BCUT2D eigenvalue weighted by atomic mass is 9.66. The van der Waals surface area contributed by atoms with Crippen LogP contribution in [0.15, 0.2) is 0 Å². The number of carboxylic acids is 1. The first-order valence-corrected chi connectivity index (χ1v) is 3.73. The molecule has 1 heterocycles. The molecule has 0 aliphatic carbocycles. The summed E-state index contributed by atoms with van der Waals surface area (Å²) < 4.78 is 5.32. The molecular weight excluding hydrogens is 144 g/mol. The van der Waals surface area contributed by atoms with Crippen LogP contribution in [0.2, 0.25) is 0 Å². The van der Waals surface area contributed by atoms with Gasteiger partial charge in [0, 0.05) is 0 Å². The van der Waals surface area contributed by atoms with Crippen LogP contribution in [0.1, 0.15) is 27.7 Å². The Kier molecular flexibility index (Phi) is 1.53. The highest BCUT2D eigenvalue weighted by molar-refractivity contribution is 5.77. The van der Waals surface area contributed by atoms with E-state index in [0.717, 1.165) is 0 Å². The molecule has 0 aromatic carbocycles. The molecule has 0 radical (unpaired) electrons. The highest BCUT2D eigenvalue weighted by Crippen LogP contribution is 2.49. The van der Waals surface area contributed by atoms with Crippen LogP contribution in [0.5, 0.6) is 0 Å². The summed E-state index contributed by atoms with van der Waals surface area (Å²) in [6.45, 7) is 7.13. The summed E-state index contributed by atoms with van der Waals surface area (Å²) in [6.07, 6.45) is -0.185. The summed E-state index contributed by atoms with van der Waals surface area (Å²) in [5.41, 5.74) is -1.26. The van der Waals surface area contributed by atoms with Crippen molar-refractivity contribution >= 4 is 5.97 Å². The van der Waals surface area contributed by atoms with Crippen molar-refractivity contribution in [3.05, 3.63) is 0 Å². The molecule has 2 atom stereocenters. The van der Waals surface area contributed by atoms with Crippen LogP contribution >= 0.6 is 0 Å². The van der Waals surface area contributed by atoms with Gasteiger partial charge >= 0.3 is 5.97 Å². The fraction of sp³-hybridized carbons (Fsp3) is 0.875. The molecular formula is C8H14O3. The number of aliphatic carboxylic acids is 1. The Labute approximate surface area is 66.4 Å². The highest BCUT2D eigenvalue weighted by atomic mass is 16.5. The third-order valence-electron chi connectivity index (χ3n) is 2.98. The van der Waals surface area contributed by atoms with Crippen LogP contribution in [-0.4, -0.2) is 22.8 Å². The maximum absolute atomic E-state index is 10.8. The third kappa shape index (κ3) is 0.805. The number of carboxylic acid groups (broad SMARTS) is 1. The van der Waals surface area contributed by atoms with Gasteiger partial charge in [-0.3, -0.25) is 4.79 Å². The minimum absolute atomic E-state index is 0.185. The molecule has 0 aromatic heterocycles. The summed E-state index contributed by atoms with van der Waals surface area (Å²) in [4.78, 5) is 10.8. The van der Waals surface area contributed by atoms with E-state index in [2.05, 4.69) is 0 Å². The van der Waals surface area contributed by atoms with Gasteiger partial charge in [0.05, 0.1) is 11.7 Å². The quantitative estimate of drug-likeness (QED) is 0.625. The zero-order valence-electron chi connectivity index (χ0n) is 7.34. The Balaban J connectivity index is 2.92. The van der Waals surface area contributed by atoms with Crippen LogP contribution in [0.4, 0.5) is 0 Å². The van der Waals surface area contributed by atoms with Gasteiger partial charge in [0.15, 0.2) is 0 Å². The zero-order valence-corrected chi connectivity index (χ0v) is 7.34. The normalized spacial score (nSPS) is 41.3. The van der Waals surface area contributed by atoms with E-state index in [9.17, 15) is 4.79 Å². The van der Waals surface area contributed by atoms with E-state index < -0.39 is 17.0 Å². The molecule has 11 heavy (non-hydrogen) atoms. The van der Waals surface area contributed by atoms with Crippen LogP contribution in [0.25, 0.3) is 0 Å². The minimum Gasteiger partial charge on any atom is -0.481 e. The lowest BCUT2D eigenvalue weighted by molar-refractivity contribution is -0.285. The van der Waals surface area contributed by atoms with E-state index >= 15 is 0 Å². The predicted molar refractivity (Wildman–Crippen MR) is 40.4 cm³/mol. The van der Waals surface area contributed by atoms with Crippen molar-refractivity contribution in [2.75, 3.05) is 0 Å². The molecule has 3 heteroatoms. The van der Waals surface area contributed by atoms with Crippen LogP contribution in [-0.2, 0) is 9.53 Å². The summed E-state index contributed by atoms with van der Waals surface area (Å²) >= 11 is 0. The second-order valence-corrected chi connectivity index (χ2v) is 3.78. The smallest absolute Gasteiger partial charge is 0.314 e. The Morgan fingerprint density at radius 2 is 1.91 bits per heavy atom. The standard InChI is InChI=1S/C8H14O3/c1-5-8(4,6(9)10)7(2,3)11-5/h5H,1-4H3,(H,9,10). The first-order valence-electron chi connectivity index (χ1n) is 3.73. The number of hydrogen-bond acceptors (Lipinski definition) is 2. The molecule has 1 aliphatic heterocycles. The van der Waals surface area contributed by atoms with E-state index in [0.29, 0.717) is 0 Å². The van der Waals surface area contributed by atoms with Gasteiger partial charge in [-0.15, -0.1) is 0 Å². The first-order chi connectivity index (χ1) is 4.82. The summed E-state index contributed by atoms with van der Waals surface area (Å²) in [5.74, 6) is -0.777. The van der Waals surface area contributed by atoms with Gasteiger partial charge < -0.3 is 9.84 Å². The Morgan fingerprint density at radius 1 is 1.45 bits per heavy atom. The number of hydrogen-bond donors (Lipinski definition) is 1. The van der Waals surface area contributed by atoms with Crippen molar-refractivity contribution in [1.29, 1.82) is 0 Å². The molecule has 1 N–H and O–H groups in total. The molecule has 0 amide bonds. The minimum atomic E-state index is -0.777. The lowest BCUT2D eigenvalue weighted by Gasteiger charge is -2.55. The van der Waals surface area contributed by atoms with Crippen molar-refractivity contribution in [3.63, 3.8) is 0 Å². The SMILES string of the molecule is CC1OC(C)(C)C1(C)C(=O)O. The summed E-state index contributed by atoms with van der Waals surface area (Å²) in [5, 5.41) is 8.92. The second-order valence-electron chi connectivity index (χ2n) is 3.78. The molecule has 1 rings (SSSR count). The maximum atomic E-state index is 10.8. The zero-order chi connectivity index (χ0) is 8.86. The molecule has 2 unspecified atom stereocenters. The van der Waals surface area contributed by atoms with Gasteiger partial charge in [0.2, 0.25) is 0 Å². The molecule has 1 saturated heterocycles. The topological polar surface area (TPSA) is 46.5 Å². The number of ether oxygens (including phenoxy) is 1. The molecule has 0 saturated carbocycles. The average molecular weight is 158 g/mol. The molecule has 1 fully saturated rings. The van der Waals surface area contributed by atoms with Crippen molar-refractivity contribution in [3.8, 4) is 0 Å². The van der Waals surface area contributed by atoms with Crippen molar-refractivity contribution in [1.82, 2.24) is 0 Å². The monoisotopic (exact) mass is 158 g/mol. The molecule has 3 nitrogen and oxygen atoms in total. The summed E-state index contributed by atoms with van der Waals surface area (Å²) in [6, 6.07) is 0. The first kappa shape index (κ1) is 8.53. The van der Waals surface area contributed by atoms with Gasteiger partial charge in [-0.2, -0.15) is 0 Å². The fourth-order valence-electron chi connectivity index (χ4n) is 1.55. The van der Waals surface area contributed by atoms with Gasteiger partial charge in [-0.05, 0) is 27.7 Å². The van der Waals surface area contributed by atoms with E-state index in [1.54, 1.807) is 27.7 Å². The highest BCUT2D eigenvalue weighted by Gasteiger charge is 2.62.